The van der Waals surface area contributed by atoms with Crippen LogP contribution in [0.25, 0.3) is 0 Å². The summed E-state index contributed by atoms with van der Waals surface area (Å²) in [4.78, 5) is 0. The Morgan fingerprint density at radius 1 is 1.04 bits per heavy atom. The topological polar surface area (TPSA) is 46.2 Å². The lowest BCUT2D eigenvalue weighted by atomic mass is 9.82. The fourth-order valence-corrected chi connectivity index (χ4v) is 4.45. The van der Waals surface area contributed by atoms with Crippen LogP contribution >= 0.6 is 0 Å². The molecule has 3 aliphatic rings. The van der Waals surface area contributed by atoms with E-state index in [2.05, 4.69) is 18.7 Å². The molecule has 2 aromatic rings. The normalized spacial score (nSPS) is 23.8. The Balaban J connectivity index is 1.52. The monoisotopic (exact) mass is 380 g/mol. The fourth-order valence-electron chi connectivity index (χ4n) is 4.45. The first kappa shape index (κ1) is 17.3. The van der Waals surface area contributed by atoms with E-state index >= 15 is 0 Å². The maximum absolute atomic E-state index is 6.49. The van der Waals surface area contributed by atoms with Crippen LogP contribution in [0.1, 0.15) is 29.5 Å². The first-order valence-corrected chi connectivity index (χ1v) is 9.61. The van der Waals surface area contributed by atoms with Crippen LogP contribution in [0.3, 0.4) is 0 Å². The Bertz CT molecular complexity index is 964. The van der Waals surface area contributed by atoms with Gasteiger partial charge in [0, 0.05) is 29.5 Å². The number of rotatable bonds is 3. The highest BCUT2D eigenvalue weighted by Crippen LogP contribution is 2.49. The van der Waals surface area contributed by atoms with Gasteiger partial charge >= 0.3 is 0 Å². The van der Waals surface area contributed by atoms with Gasteiger partial charge in [0.25, 0.3) is 0 Å². The third-order valence-electron chi connectivity index (χ3n) is 5.98. The molecule has 146 valence electrons. The average molecular weight is 380 g/mol. The standard InChI is InChI=1S/C23H24O5/c1-12(2)18-9-16-17(27-18)6-5-13-7-14-15-8-20(24-3)21(25-4)10-19(15)26-11-22(14)28-23(13)16/h5-6,8,10,14,18,22H,1,7,9,11H2,2-4H3/t14-,18+,22+/m0/s1. The van der Waals surface area contributed by atoms with Gasteiger partial charge < -0.3 is 23.7 Å². The van der Waals surface area contributed by atoms with Gasteiger partial charge in [-0.05, 0) is 36.6 Å². The van der Waals surface area contributed by atoms with Crippen LogP contribution < -0.4 is 23.7 Å². The fraction of sp³-hybridized carbons (Fsp3) is 0.391. The Morgan fingerprint density at radius 3 is 2.57 bits per heavy atom. The molecule has 0 aliphatic carbocycles. The van der Waals surface area contributed by atoms with Crippen molar-refractivity contribution in [1.29, 1.82) is 0 Å². The summed E-state index contributed by atoms with van der Waals surface area (Å²) in [6.07, 6.45) is 1.71. The van der Waals surface area contributed by atoms with Crippen molar-refractivity contribution < 1.29 is 23.7 Å². The second-order valence-corrected chi connectivity index (χ2v) is 7.71. The Morgan fingerprint density at radius 2 is 1.82 bits per heavy atom. The van der Waals surface area contributed by atoms with Crippen LogP contribution in [-0.4, -0.2) is 33.0 Å². The number of methoxy groups -OCH3 is 2. The highest BCUT2D eigenvalue weighted by atomic mass is 16.5. The molecule has 0 radical (unpaired) electrons. The third-order valence-corrected chi connectivity index (χ3v) is 5.98. The zero-order valence-corrected chi connectivity index (χ0v) is 16.4. The number of fused-ring (bicyclic) bond motifs is 6. The first-order chi connectivity index (χ1) is 13.6. The van der Waals surface area contributed by atoms with E-state index in [1.54, 1.807) is 14.2 Å². The molecule has 0 amide bonds. The summed E-state index contributed by atoms with van der Waals surface area (Å²) < 4.78 is 29.5. The van der Waals surface area contributed by atoms with Crippen molar-refractivity contribution >= 4 is 0 Å². The molecule has 5 nitrogen and oxygen atoms in total. The predicted molar refractivity (Wildman–Crippen MR) is 105 cm³/mol. The van der Waals surface area contributed by atoms with E-state index in [1.807, 2.05) is 19.1 Å². The summed E-state index contributed by atoms with van der Waals surface area (Å²) in [5.74, 6) is 4.33. The van der Waals surface area contributed by atoms with Crippen molar-refractivity contribution in [2.24, 2.45) is 0 Å². The second kappa shape index (κ2) is 6.36. The Labute approximate surface area is 164 Å². The van der Waals surface area contributed by atoms with E-state index in [0.717, 1.165) is 46.8 Å². The molecule has 3 aliphatic heterocycles. The molecule has 0 fully saturated rings. The van der Waals surface area contributed by atoms with Crippen molar-refractivity contribution in [3.8, 4) is 28.7 Å². The molecule has 0 saturated carbocycles. The van der Waals surface area contributed by atoms with Gasteiger partial charge in [0.2, 0.25) is 0 Å². The van der Waals surface area contributed by atoms with Gasteiger partial charge in [0.1, 0.15) is 36.1 Å². The number of ether oxygens (including phenoxy) is 5. The molecule has 3 atom stereocenters. The molecule has 5 heteroatoms. The molecule has 0 spiro atoms. The minimum Gasteiger partial charge on any atom is -0.493 e. The van der Waals surface area contributed by atoms with Gasteiger partial charge in [-0.3, -0.25) is 0 Å². The lowest BCUT2D eigenvalue weighted by Gasteiger charge is -2.38. The zero-order chi connectivity index (χ0) is 19.4. The van der Waals surface area contributed by atoms with Gasteiger partial charge in [-0.15, -0.1) is 0 Å². The molecule has 5 rings (SSSR count). The van der Waals surface area contributed by atoms with Gasteiger partial charge in [0.15, 0.2) is 11.5 Å². The maximum Gasteiger partial charge on any atom is 0.164 e. The van der Waals surface area contributed by atoms with Gasteiger partial charge in [-0.2, -0.15) is 0 Å². The zero-order valence-electron chi connectivity index (χ0n) is 16.4. The van der Waals surface area contributed by atoms with Crippen LogP contribution in [0.2, 0.25) is 0 Å². The largest absolute Gasteiger partial charge is 0.493 e. The van der Waals surface area contributed by atoms with Crippen LogP contribution in [-0.2, 0) is 12.8 Å². The van der Waals surface area contributed by atoms with Crippen LogP contribution in [0.15, 0.2) is 36.4 Å². The molecule has 0 N–H and O–H groups in total. The summed E-state index contributed by atoms with van der Waals surface area (Å²) in [6, 6.07) is 8.12. The average Bonchev–Trinajstić information content (AvgIpc) is 3.16. The Hall–Kier alpha value is -2.82. The molecule has 0 aromatic heterocycles. The van der Waals surface area contributed by atoms with Gasteiger partial charge in [-0.1, -0.05) is 12.6 Å². The minimum absolute atomic E-state index is 0.0304. The molecular formula is C23H24O5. The summed E-state index contributed by atoms with van der Waals surface area (Å²) in [5, 5.41) is 0. The molecule has 0 bridgehead atoms. The highest BCUT2D eigenvalue weighted by Gasteiger charge is 2.40. The highest BCUT2D eigenvalue weighted by molar-refractivity contribution is 5.58. The van der Waals surface area contributed by atoms with Crippen molar-refractivity contribution in [2.45, 2.75) is 37.9 Å². The smallest absolute Gasteiger partial charge is 0.164 e. The molecule has 2 aromatic carbocycles. The lowest BCUT2D eigenvalue weighted by Crippen LogP contribution is -2.39. The lowest BCUT2D eigenvalue weighted by molar-refractivity contribution is 0.0723. The number of hydrogen-bond donors (Lipinski definition) is 0. The van der Waals surface area contributed by atoms with E-state index < -0.39 is 0 Å². The minimum atomic E-state index is -0.0338. The van der Waals surface area contributed by atoms with E-state index in [1.165, 1.54) is 5.56 Å². The van der Waals surface area contributed by atoms with E-state index in [-0.39, 0.29) is 18.1 Å². The summed E-state index contributed by atoms with van der Waals surface area (Å²) >= 11 is 0. The van der Waals surface area contributed by atoms with Crippen LogP contribution in [0.4, 0.5) is 0 Å². The first-order valence-electron chi connectivity index (χ1n) is 9.61. The van der Waals surface area contributed by atoms with E-state index in [0.29, 0.717) is 18.1 Å². The van der Waals surface area contributed by atoms with E-state index in [9.17, 15) is 0 Å². The van der Waals surface area contributed by atoms with Crippen molar-refractivity contribution in [1.82, 2.24) is 0 Å². The summed E-state index contributed by atoms with van der Waals surface area (Å²) in [5.41, 5.74) is 4.52. The molecular weight excluding hydrogens is 356 g/mol. The number of hydrogen-bond acceptors (Lipinski definition) is 5. The van der Waals surface area contributed by atoms with Gasteiger partial charge in [-0.25, -0.2) is 0 Å². The van der Waals surface area contributed by atoms with Crippen molar-refractivity contribution in [3.05, 3.63) is 53.1 Å². The van der Waals surface area contributed by atoms with Crippen molar-refractivity contribution in [3.63, 3.8) is 0 Å². The van der Waals surface area contributed by atoms with Crippen LogP contribution in [0.5, 0.6) is 28.7 Å². The van der Waals surface area contributed by atoms with E-state index in [4.69, 9.17) is 23.7 Å². The van der Waals surface area contributed by atoms with Crippen molar-refractivity contribution in [2.75, 3.05) is 20.8 Å². The quantitative estimate of drug-likeness (QED) is 0.752. The molecule has 0 saturated heterocycles. The second-order valence-electron chi connectivity index (χ2n) is 7.71. The molecule has 0 unspecified atom stereocenters. The van der Waals surface area contributed by atoms with Crippen LogP contribution in [0, 0.1) is 0 Å². The molecule has 28 heavy (non-hydrogen) atoms. The number of benzene rings is 2. The predicted octanol–water partition coefficient (Wildman–Crippen LogP) is 4.06. The SMILES string of the molecule is C=C(C)[C@H]1Cc2c(ccc3c2O[C@@H]2COc4cc(OC)c(OC)cc4[C@@H]2C3)O1. The summed E-state index contributed by atoms with van der Waals surface area (Å²) in [6.45, 7) is 6.57. The Kier molecular flexibility index (Phi) is 3.93. The van der Waals surface area contributed by atoms with Gasteiger partial charge in [0.05, 0.1) is 14.2 Å². The summed E-state index contributed by atoms with van der Waals surface area (Å²) in [7, 11) is 3.29. The maximum atomic E-state index is 6.49. The molecule has 3 heterocycles. The third kappa shape index (κ3) is 2.53.